The van der Waals surface area contributed by atoms with E-state index >= 15 is 0 Å². The molecule has 0 aromatic heterocycles. The summed E-state index contributed by atoms with van der Waals surface area (Å²) in [7, 11) is -5.81. The Labute approximate surface area is 180 Å². The lowest BCUT2D eigenvalue weighted by molar-refractivity contribution is -0.384. The molecule has 1 aromatic rings. The van der Waals surface area contributed by atoms with Crippen LogP contribution in [0.3, 0.4) is 0 Å². The lowest BCUT2D eigenvalue weighted by Crippen LogP contribution is -2.44. The molecule has 0 heterocycles. The molecule has 7 nitrogen and oxygen atoms in total. The van der Waals surface area contributed by atoms with E-state index in [1.165, 1.54) is 28.6 Å². The molecule has 0 aliphatic heterocycles. The molecule has 166 valence electrons. The van der Waals surface area contributed by atoms with Crippen LogP contribution >= 0.6 is 0 Å². The molecule has 1 aliphatic rings. The first-order valence-corrected chi connectivity index (χ1v) is 14.4. The van der Waals surface area contributed by atoms with Crippen molar-refractivity contribution in [2.45, 2.75) is 68.8 Å². The number of nitro benzene ring substituents is 1. The highest BCUT2D eigenvalue weighted by Crippen LogP contribution is 2.39. The number of nitro groups is 1. The molecular weight excluding hydrogens is 420 g/mol. The Morgan fingerprint density at radius 1 is 1.27 bits per heavy atom. The van der Waals surface area contributed by atoms with E-state index in [0.29, 0.717) is 12.8 Å². The summed E-state index contributed by atoms with van der Waals surface area (Å²) < 4.78 is 34.5. The van der Waals surface area contributed by atoms with Gasteiger partial charge in [0.25, 0.3) is 5.69 Å². The monoisotopic (exact) mass is 452 g/mol. The van der Waals surface area contributed by atoms with Crippen molar-refractivity contribution in [2.75, 3.05) is 6.54 Å². The maximum Gasteiger partial charge on any atom is 0.269 e. The summed E-state index contributed by atoms with van der Waals surface area (Å²) in [6.45, 7) is 14.9. The van der Waals surface area contributed by atoms with Crippen molar-refractivity contribution in [1.29, 1.82) is 0 Å². The predicted octanol–water partition coefficient (Wildman–Crippen LogP) is 4.88. The van der Waals surface area contributed by atoms with Crippen LogP contribution in [0.25, 0.3) is 0 Å². The van der Waals surface area contributed by atoms with Gasteiger partial charge in [-0.2, -0.15) is 4.31 Å². The zero-order valence-electron chi connectivity index (χ0n) is 18.4. The van der Waals surface area contributed by atoms with E-state index in [1.54, 1.807) is 6.08 Å². The Balaban J connectivity index is 2.25. The van der Waals surface area contributed by atoms with Crippen LogP contribution < -0.4 is 0 Å². The van der Waals surface area contributed by atoms with Crippen molar-refractivity contribution in [1.82, 2.24) is 4.31 Å². The van der Waals surface area contributed by atoms with Gasteiger partial charge in [-0.25, -0.2) is 8.42 Å². The van der Waals surface area contributed by atoms with Crippen molar-refractivity contribution >= 4 is 24.0 Å². The molecule has 0 amide bonds. The first-order chi connectivity index (χ1) is 13.8. The highest BCUT2D eigenvalue weighted by molar-refractivity contribution is 7.89. The summed E-state index contributed by atoms with van der Waals surface area (Å²) in [5.41, 5.74) is -0.143. The van der Waals surface area contributed by atoms with Crippen LogP contribution in [0.2, 0.25) is 18.1 Å². The lowest BCUT2D eigenvalue weighted by Gasteiger charge is -2.38. The topological polar surface area (TPSA) is 89.8 Å². The Hall–Kier alpha value is -1.81. The molecule has 0 fully saturated rings. The highest BCUT2D eigenvalue weighted by atomic mass is 32.2. The number of hydrogen-bond donors (Lipinski definition) is 0. The van der Waals surface area contributed by atoms with Gasteiger partial charge in [0, 0.05) is 24.7 Å². The van der Waals surface area contributed by atoms with Gasteiger partial charge < -0.3 is 4.43 Å². The molecule has 1 aromatic carbocycles. The fourth-order valence-electron chi connectivity index (χ4n) is 3.06. The largest absolute Gasteiger partial charge is 0.410 e. The molecule has 0 radical (unpaired) electrons. The van der Waals surface area contributed by atoms with E-state index in [-0.39, 0.29) is 34.3 Å². The maximum atomic E-state index is 13.3. The van der Waals surface area contributed by atoms with Crippen LogP contribution in [0.1, 0.15) is 33.6 Å². The van der Waals surface area contributed by atoms with Gasteiger partial charge in [0.15, 0.2) is 8.32 Å². The molecule has 0 unspecified atom stereocenters. The summed E-state index contributed by atoms with van der Waals surface area (Å²) in [6, 6.07) is 4.67. The average molecular weight is 453 g/mol. The Morgan fingerprint density at radius 3 is 2.37 bits per heavy atom. The molecule has 0 N–H and O–H groups in total. The van der Waals surface area contributed by atoms with Crippen LogP contribution in [0.15, 0.2) is 54.0 Å². The molecule has 9 heteroatoms. The van der Waals surface area contributed by atoms with E-state index in [0.717, 1.165) is 0 Å². The van der Waals surface area contributed by atoms with Gasteiger partial charge in [-0.3, -0.25) is 10.1 Å². The van der Waals surface area contributed by atoms with Crippen LogP contribution in [-0.2, 0) is 14.4 Å². The third-order valence-electron chi connectivity index (χ3n) is 5.85. The molecule has 2 rings (SSSR count). The zero-order chi connectivity index (χ0) is 22.7. The van der Waals surface area contributed by atoms with Gasteiger partial charge >= 0.3 is 0 Å². The fourth-order valence-corrected chi connectivity index (χ4v) is 5.96. The molecule has 0 spiro atoms. The van der Waals surface area contributed by atoms with Crippen LogP contribution in [0.4, 0.5) is 5.69 Å². The second-order valence-corrected chi connectivity index (χ2v) is 15.7. The molecule has 0 bridgehead atoms. The number of hydrogen-bond acceptors (Lipinski definition) is 5. The van der Waals surface area contributed by atoms with Crippen molar-refractivity contribution in [3.8, 4) is 0 Å². The number of nitrogens with zero attached hydrogens (tertiary/aromatic N) is 2. The quantitative estimate of drug-likeness (QED) is 0.230. The summed E-state index contributed by atoms with van der Waals surface area (Å²) in [5.74, 6) is 0. The highest BCUT2D eigenvalue weighted by Gasteiger charge is 2.41. The lowest BCUT2D eigenvalue weighted by atomic mass is 10.2. The standard InChI is InChI=1S/C21H32N2O5SSi/c1-7-8-15-22(29(26,27)20-13-10-17(11-14-20)23(24)25)18-9-12-19(16-18)28-30(5,6)21(2,3)4/h7,9-14,18-19H,1,8,15-16H2,2-6H3/t18-,19+/m0/s1. The van der Waals surface area contributed by atoms with Crippen LogP contribution in [-0.4, -0.2) is 44.7 Å². The van der Waals surface area contributed by atoms with Crippen molar-refractivity contribution < 1.29 is 17.8 Å². The smallest absolute Gasteiger partial charge is 0.269 e. The van der Waals surface area contributed by atoms with E-state index in [4.69, 9.17) is 4.43 Å². The zero-order valence-corrected chi connectivity index (χ0v) is 20.2. The maximum absolute atomic E-state index is 13.3. The van der Waals surface area contributed by atoms with Crippen LogP contribution in [0.5, 0.6) is 0 Å². The molecule has 2 atom stereocenters. The summed E-state index contributed by atoms with van der Waals surface area (Å²) >= 11 is 0. The summed E-state index contributed by atoms with van der Waals surface area (Å²) in [4.78, 5) is 10.4. The summed E-state index contributed by atoms with van der Waals surface area (Å²) in [5, 5.41) is 10.9. The first-order valence-electron chi connectivity index (χ1n) is 10.0. The minimum absolute atomic E-state index is 0.0410. The second kappa shape index (κ2) is 9.13. The van der Waals surface area contributed by atoms with Gasteiger partial charge in [0.1, 0.15) is 0 Å². The summed E-state index contributed by atoms with van der Waals surface area (Å²) in [6.07, 6.45) is 6.45. The molecular formula is C21H32N2O5SSi. The minimum atomic E-state index is -3.83. The van der Waals surface area contributed by atoms with Gasteiger partial charge in [-0.1, -0.05) is 39.0 Å². The Kier molecular flexibility index (Phi) is 7.44. The Morgan fingerprint density at radius 2 is 1.87 bits per heavy atom. The van der Waals surface area contributed by atoms with Crippen molar-refractivity contribution in [2.24, 2.45) is 0 Å². The van der Waals surface area contributed by atoms with Crippen LogP contribution in [0, 0.1) is 10.1 Å². The Bertz CT molecular complexity index is 904. The number of benzene rings is 1. The van der Waals surface area contributed by atoms with E-state index < -0.39 is 23.3 Å². The van der Waals surface area contributed by atoms with E-state index in [1.807, 2.05) is 12.2 Å². The molecule has 1 aliphatic carbocycles. The fraction of sp³-hybridized carbons (Fsp3) is 0.524. The van der Waals surface area contributed by atoms with Gasteiger partial charge in [-0.15, -0.1) is 6.58 Å². The third-order valence-corrected chi connectivity index (χ3v) is 12.3. The van der Waals surface area contributed by atoms with Gasteiger partial charge in [0.05, 0.1) is 15.9 Å². The van der Waals surface area contributed by atoms with E-state index in [2.05, 4.69) is 40.4 Å². The average Bonchev–Trinajstić information content (AvgIpc) is 3.08. The van der Waals surface area contributed by atoms with Crippen molar-refractivity contribution in [3.05, 3.63) is 59.2 Å². The molecule has 30 heavy (non-hydrogen) atoms. The SMILES string of the molecule is C=CCCN([C@H]1C=C[C@@H](O[Si](C)(C)C(C)(C)C)C1)S(=O)(=O)c1ccc([N+](=O)[O-])cc1. The molecule has 0 saturated heterocycles. The molecule has 0 saturated carbocycles. The van der Waals surface area contributed by atoms with Gasteiger partial charge in [-0.05, 0) is 43.1 Å². The number of non-ortho nitro benzene ring substituents is 1. The number of rotatable bonds is 9. The second-order valence-electron chi connectivity index (χ2n) is 9.05. The number of sulfonamides is 1. The van der Waals surface area contributed by atoms with Crippen molar-refractivity contribution in [3.63, 3.8) is 0 Å². The van der Waals surface area contributed by atoms with E-state index in [9.17, 15) is 18.5 Å². The predicted molar refractivity (Wildman–Crippen MR) is 121 cm³/mol. The van der Waals surface area contributed by atoms with Gasteiger partial charge in [0.2, 0.25) is 10.0 Å². The normalized spacial score (nSPS) is 19.9. The first kappa shape index (κ1) is 24.5. The third kappa shape index (κ3) is 5.45. The minimum Gasteiger partial charge on any atom is -0.410 e.